The minimum atomic E-state index is -1.19. The molecule has 2 aliphatic heterocycles. The fourth-order valence-electron chi connectivity index (χ4n) is 5.52. The van der Waals surface area contributed by atoms with Crippen LogP contribution in [0.25, 0.3) is 11.0 Å². The average Bonchev–Trinajstić information content (AvgIpc) is 3.38. The number of carbonyl (C=O) groups is 2. The minimum absolute atomic E-state index is 0.0932. The summed E-state index contributed by atoms with van der Waals surface area (Å²) in [7, 11) is 0. The van der Waals surface area contributed by atoms with Crippen LogP contribution in [0.2, 0.25) is 5.02 Å². The number of amides is 1. The van der Waals surface area contributed by atoms with Crippen LogP contribution in [0.3, 0.4) is 0 Å². The third-order valence-electron chi connectivity index (χ3n) is 7.80. The number of nitrogens with one attached hydrogen (secondary N) is 2. The van der Waals surface area contributed by atoms with E-state index in [1.165, 1.54) is 6.33 Å². The smallest absolute Gasteiger partial charge is 0.410 e. The Labute approximate surface area is 259 Å². The van der Waals surface area contributed by atoms with E-state index in [4.69, 9.17) is 21.1 Å². The van der Waals surface area contributed by atoms with Gasteiger partial charge in [0.05, 0.1) is 22.0 Å². The van der Waals surface area contributed by atoms with Crippen molar-refractivity contribution in [2.45, 2.75) is 51.0 Å². The van der Waals surface area contributed by atoms with Gasteiger partial charge in [-0.3, -0.25) is 9.69 Å². The molecule has 10 nitrogen and oxygen atoms in total. The predicted molar refractivity (Wildman–Crippen MR) is 165 cm³/mol. The Balaban J connectivity index is 1.12. The van der Waals surface area contributed by atoms with Crippen molar-refractivity contribution in [3.63, 3.8) is 0 Å². The molecule has 2 aliphatic rings. The lowest BCUT2D eigenvalue weighted by molar-refractivity contribution is -0.0266. The zero-order valence-corrected chi connectivity index (χ0v) is 25.5. The Hall–Kier alpha value is -4.22. The van der Waals surface area contributed by atoms with Gasteiger partial charge >= 0.3 is 6.09 Å². The van der Waals surface area contributed by atoms with Crippen LogP contribution in [0.15, 0.2) is 61.1 Å². The van der Waals surface area contributed by atoms with Gasteiger partial charge in [0, 0.05) is 50.0 Å². The number of halogens is 2. The number of aromatic nitrogens is 3. The van der Waals surface area contributed by atoms with Crippen molar-refractivity contribution >= 4 is 40.3 Å². The molecule has 0 bridgehead atoms. The summed E-state index contributed by atoms with van der Waals surface area (Å²) < 4.78 is 26.8. The Kier molecular flexibility index (Phi) is 8.17. The number of hydrogen-bond donors (Lipinski definition) is 2. The summed E-state index contributed by atoms with van der Waals surface area (Å²) in [5, 5.41) is 3.95. The summed E-state index contributed by atoms with van der Waals surface area (Å²) in [6, 6.07) is 13.8. The fraction of sp³-hybridized carbons (Fsp3) is 0.375. The molecule has 4 heterocycles. The number of ether oxygens (including phenoxy) is 2. The number of carbonyl (C=O) groups excluding carboxylic acids is 2. The summed E-state index contributed by atoms with van der Waals surface area (Å²) >= 11 is 6.54. The van der Waals surface area contributed by atoms with Gasteiger partial charge in [-0.25, -0.2) is 19.2 Å². The van der Waals surface area contributed by atoms with Crippen molar-refractivity contribution in [3.8, 4) is 11.5 Å². The number of ketones is 1. The van der Waals surface area contributed by atoms with Crippen LogP contribution in [0.1, 0.15) is 43.1 Å². The van der Waals surface area contributed by atoms with E-state index in [-0.39, 0.29) is 29.5 Å². The minimum Gasteiger partial charge on any atom is -0.457 e. The second kappa shape index (κ2) is 12.0. The summed E-state index contributed by atoms with van der Waals surface area (Å²) in [4.78, 5) is 41.4. The highest BCUT2D eigenvalue weighted by molar-refractivity contribution is 6.35. The third-order valence-corrected chi connectivity index (χ3v) is 8.12. The Morgan fingerprint density at radius 2 is 1.82 bits per heavy atom. The van der Waals surface area contributed by atoms with Crippen molar-refractivity contribution in [1.29, 1.82) is 0 Å². The first-order valence-electron chi connectivity index (χ1n) is 14.6. The molecule has 44 heavy (non-hydrogen) atoms. The van der Waals surface area contributed by atoms with E-state index in [2.05, 4.69) is 25.2 Å². The Bertz CT molecular complexity index is 1670. The number of H-pyrrole nitrogens is 1. The van der Waals surface area contributed by atoms with Gasteiger partial charge in [-0.15, -0.1) is 0 Å². The predicted octanol–water partition coefficient (Wildman–Crippen LogP) is 6.08. The lowest BCUT2D eigenvalue weighted by atomic mass is 9.98. The maximum absolute atomic E-state index is 15.5. The van der Waals surface area contributed by atoms with Crippen molar-refractivity contribution in [2.24, 2.45) is 0 Å². The molecule has 6 rings (SSSR count). The van der Waals surface area contributed by atoms with Gasteiger partial charge in [0.25, 0.3) is 0 Å². The molecule has 0 radical (unpaired) electrons. The Morgan fingerprint density at radius 3 is 2.52 bits per heavy atom. The molecule has 0 saturated carbocycles. The summed E-state index contributed by atoms with van der Waals surface area (Å²) in [6.45, 7) is 7.42. The zero-order valence-electron chi connectivity index (χ0n) is 24.7. The fourth-order valence-corrected chi connectivity index (χ4v) is 5.78. The van der Waals surface area contributed by atoms with E-state index < -0.39 is 17.8 Å². The van der Waals surface area contributed by atoms with E-state index in [1.54, 1.807) is 29.3 Å². The third kappa shape index (κ3) is 6.34. The molecular weight excluding hydrogens is 587 g/mol. The topological polar surface area (TPSA) is 113 Å². The summed E-state index contributed by atoms with van der Waals surface area (Å²) in [5.41, 5.74) is 0.517. The first kappa shape index (κ1) is 29.8. The molecule has 4 aromatic rings. The monoisotopic (exact) mass is 620 g/mol. The Morgan fingerprint density at radius 1 is 1.05 bits per heavy atom. The number of anilines is 1. The molecule has 0 spiro atoms. The van der Waals surface area contributed by atoms with Crippen LogP contribution >= 0.6 is 11.6 Å². The number of rotatable bonds is 7. The number of hydrogen-bond acceptors (Lipinski definition) is 8. The molecule has 2 N–H and O–H groups in total. The number of aromatic amines is 1. The number of para-hydroxylation sites is 1. The standard InChI is InChI=1S/C32H34ClFN6O4/c1-32(2,3)44-31(42)40-15-19(16-40)39-12-11-26(25(34)17-39)38-30-27-23(14-35-29(27)36-18-37-30)28(41)22-10-9-21(13-24(22)33)43-20-7-5-4-6-8-20/h4-10,13-14,18-19,25-26H,11-12,15-17H2,1-3H3,(H2,35,36,37,38). The average molecular weight is 621 g/mol. The van der Waals surface area contributed by atoms with E-state index in [1.807, 2.05) is 51.1 Å². The van der Waals surface area contributed by atoms with Gasteiger partial charge < -0.3 is 24.7 Å². The number of benzene rings is 2. The van der Waals surface area contributed by atoms with Crippen LogP contribution in [-0.4, -0.2) is 86.7 Å². The SMILES string of the molecule is CC(C)(C)OC(=O)N1CC(N2CCC(Nc3ncnc4[nH]cc(C(=O)c5ccc(Oc6ccccc6)cc5Cl)c34)C(F)C2)C1. The van der Waals surface area contributed by atoms with Crippen molar-refractivity contribution in [3.05, 3.63) is 77.2 Å². The summed E-state index contributed by atoms with van der Waals surface area (Å²) in [6.07, 6.45) is 1.94. The van der Waals surface area contributed by atoms with Gasteiger partial charge in [-0.1, -0.05) is 29.8 Å². The van der Waals surface area contributed by atoms with Crippen molar-refractivity contribution in [2.75, 3.05) is 31.5 Å². The molecule has 2 atom stereocenters. The van der Waals surface area contributed by atoms with Gasteiger partial charge in [-0.2, -0.15) is 0 Å². The van der Waals surface area contributed by atoms with Crippen LogP contribution in [0.5, 0.6) is 11.5 Å². The molecule has 12 heteroatoms. The molecule has 230 valence electrons. The number of fused-ring (bicyclic) bond motifs is 1. The van der Waals surface area contributed by atoms with E-state index in [9.17, 15) is 9.59 Å². The van der Waals surface area contributed by atoms with E-state index in [0.717, 1.165) is 0 Å². The lowest BCUT2D eigenvalue weighted by Gasteiger charge is -2.48. The second-order valence-corrected chi connectivity index (χ2v) is 12.5. The molecule has 2 aromatic heterocycles. The maximum Gasteiger partial charge on any atom is 0.410 e. The molecule has 2 unspecified atom stereocenters. The highest BCUT2D eigenvalue weighted by Crippen LogP contribution is 2.32. The highest BCUT2D eigenvalue weighted by Gasteiger charge is 2.41. The largest absolute Gasteiger partial charge is 0.457 e. The second-order valence-electron chi connectivity index (χ2n) is 12.1. The molecule has 2 fully saturated rings. The first-order chi connectivity index (χ1) is 21.1. The van der Waals surface area contributed by atoms with Crippen molar-refractivity contribution < 1.29 is 23.5 Å². The molecular formula is C32H34ClFN6O4. The number of alkyl halides is 1. The van der Waals surface area contributed by atoms with E-state index >= 15 is 4.39 Å². The van der Waals surface area contributed by atoms with Gasteiger partial charge in [0.15, 0.2) is 5.78 Å². The quantitative estimate of drug-likeness (QED) is 0.239. The van der Waals surface area contributed by atoms with Crippen molar-refractivity contribution in [1.82, 2.24) is 24.8 Å². The molecule has 2 saturated heterocycles. The zero-order chi connectivity index (χ0) is 31.0. The maximum atomic E-state index is 15.5. The van der Waals surface area contributed by atoms with Crippen LogP contribution in [0, 0.1) is 0 Å². The van der Waals surface area contributed by atoms with Gasteiger partial charge in [0.2, 0.25) is 0 Å². The molecule has 1 amide bonds. The molecule has 2 aromatic carbocycles. The number of nitrogens with zero attached hydrogens (tertiary/aromatic N) is 4. The van der Waals surface area contributed by atoms with Gasteiger partial charge in [0.1, 0.15) is 41.1 Å². The van der Waals surface area contributed by atoms with Gasteiger partial charge in [-0.05, 0) is 51.5 Å². The molecule has 0 aliphatic carbocycles. The normalized spacial score (nSPS) is 19.4. The number of likely N-dealkylation sites (tertiary alicyclic amines) is 2. The highest BCUT2D eigenvalue weighted by atomic mass is 35.5. The van der Waals surface area contributed by atoms with Crippen LogP contribution in [-0.2, 0) is 4.74 Å². The first-order valence-corrected chi connectivity index (χ1v) is 15.0. The number of piperidine rings is 1. The van der Waals surface area contributed by atoms with Crippen LogP contribution < -0.4 is 10.1 Å². The summed E-state index contributed by atoms with van der Waals surface area (Å²) in [5.74, 6) is 1.21. The van der Waals surface area contributed by atoms with Crippen LogP contribution in [0.4, 0.5) is 15.0 Å². The lowest BCUT2D eigenvalue weighted by Crippen LogP contribution is -2.64. The van der Waals surface area contributed by atoms with E-state index in [0.29, 0.717) is 65.5 Å².